The van der Waals surface area contributed by atoms with Crippen molar-refractivity contribution in [2.75, 3.05) is 0 Å². The van der Waals surface area contributed by atoms with Crippen LogP contribution in [0.2, 0.25) is 0 Å². The van der Waals surface area contributed by atoms with Crippen molar-refractivity contribution in [1.29, 1.82) is 0 Å². The molecule has 0 aliphatic heterocycles. The van der Waals surface area contributed by atoms with E-state index in [4.69, 9.17) is 0 Å². The van der Waals surface area contributed by atoms with E-state index in [9.17, 15) is 14.7 Å². The van der Waals surface area contributed by atoms with Crippen molar-refractivity contribution >= 4 is 17.3 Å². The van der Waals surface area contributed by atoms with E-state index in [0.717, 1.165) is 17.2 Å². The maximum absolute atomic E-state index is 11.6. The third kappa shape index (κ3) is 1.36. The SMILES string of the molecule is Cc1cc(C)c2c(c1)C(O)=CC(=O)C2=O. The molecule has 3 nitrogen and oxygen atoms in total. The fourth-order valence-electron chi connectivity index (χ4n) is 1.86. The van der Waals surface area contributed by atoms with Gasteiger partial charge in [0.25, 0.3) is 0 Å². The molecule has 0 bridgehead atoms. The highest BCUT2D eigenvalue weighted by molar-refractivity contribution is 6.50. The second-order valence-electron chi connectivity index (χ2n) is 3.73. The molecule has 3 heteroatoms. The molecule has 0 atom stereocenters. The molecule has 0 aromatic heterocycles. The number of carbonyl (C=O) groups is 2. The molecule has 0 radical (unpaired) electrons. The van der Waals surface area contributed by atoms with Crippen LogP contribution in [0.1, 0.15) is 27.0 Å². The van der Waals surface area contributed by atoms with Crippen molar-refractivity contribution in [2.24, 2.45) is 0 Å². The van der Waals surface area contributed by atoms with Crippen molar-refractivity contribution < 1.29 is 14.7 Å². The van der Waals surface area contributed by atoms with E-state index in [1.165, 1.54) is 0 Å². The van der Waals surface area contributed by atoms with Gasteiger partial charge in [-0.2, -0.15) is 0 Å². The van der Waals surface area contributed by atoms with Crippen LogP contribution in [0, 0.1) is 13.8 Å². The van der Waals surface area contributed by atoms with Crippen molar-refractivity contribution in [2.45, 2.75) is 13.8 Å². The van der Waals surface area contributed by atoms with Gasteiger partial charge in [-0.3, -0.25) is 9.59 Å². The summed E-state index contributed by atoms with van der Waals surface area (Å²) in [5, 5.41) is 9.59. The minimum absolute atomic E-state index is 0.124. The normalized spacial score (nSPS) is 14.9. The summed E-state index contributed by atoms with van der Waals surface area (Å²) in [6.07, 6.45) is 0.976. The van der Waals surface area contributed by atoms with Gasteiger partial charge in [-0.15, -0.1) is 0 Å². The Morgan fingerprint density at radius 2 is 1.80 bits per heavy atom. The molecule has 1 aromatic carbocycles. The van der Waals surface area contributed by atoms with Gasteiger partial charge < -0.3 is 5.11 Å². The zero-order chi connectivity index (χ0) is 11.2. The fourth-order valence-corrected chi connectivity index (χ4v) is 1.86. The number of rotatable bonds is 0. The average molecular weight is 202 g/mol. The van der Waals surface area contributed by atoms with Gasteiger partial charge >= 0.3 is 0 Å². The van der Waals surface area contributed by atoms with Crippen LogP contribution in [0.15, 0.2) is 18.2 Å². The number of benzene rings is 1. The number of hydrogen-bond acceptors (Lipinski definition) is 3. The van der Waals surface area contributed by atoms with E-state index in [2.05, 4.69) is 0 Å². The van der Waals surface area contributed by atoms with Gasteiger partial charge in [0, 0.05) is 17.2 Å². The number of aliphatic hydroxyl groups excluding tert-OH is 1. The number of allylic oxidation sites excluding steroid dienone is 1. The Bertz CT molecular complexity index is 510. The van der Waals surface area contributed by atoms with Crippen LogP contribution in [-0.4, -0.2) is 16.7 Å². The maximum Gasteiger partial charge on any atom is 0.234 e. The van der Waals surface area contributed by atoms with Crippen LogP contribution >= 0.6 is 0 Å². The summed E-state index contributed by atoms with van der Waals surface area (Å²) in [5.41, 5.74) is 2.46. The predicted molar refractivity (Wildman–Crippen MR) is 55.9 cm³/mol. The lowest BCUT2D eigenvalue weighted by atomic mass is 9.89. The fraction of sp³-hybridized carbons (Fsp3) is 0.167. The molecule has 0 amide bonds. The summed E-state index contributed by atoms with van der Waals surface area (Å²) >= 11 is 0. The lowest BCUT2D eigenvalue weighted by molar-refractivity contribution is -0.111. The largest absolute Gasteiger partial charge is 0.507 e. The minimum Gasteiger partial charge on any atom is -0.507 e. The molecule has 0 heterocycles. The Labute approximate surface area is 87.0 Å². The number of ketones is 2. The molecular weight excluding hydrogens is 192 g/mol. The van der Waals surface area contributed by atoms with Crippen LogP contribution in [0.4, 0.5) is 0 Å². The Hall–Kier alpha value is -1.90. The monoisotopic (exact) mass is 202 g/mol. The average Bonchev–Trinajstić information content (AvgIpc) is 2.13. The van der Waals surface area contributed by atoms with E-state index in [1.54, 1.807) is 13.0 Å². The summed E-state index contributed by atoms with van der Waals surface area (Å²) in [4.78, 5) is 22.8. The van der Waals surface area contributed by atoms with E-state index in [0.29, 0.717) is 11.1 Å². The first-order valence-electron chi connectivity index (χ1n) is 4.61. The number of hydrogen-bond donors (Lipinski definition) is 1. The van der Waals surface area contributed by atoms with Crippen molar-refractivity contribution in [3.63, 3.8) is 0 Å². The van der Waals surface area contributed by atoms with Gasteiger partial charge in [0.05, 0.1) is 0 Å². The summed E-state index contributed by atoms with van der Waals surface area (Å²) in [6.45, 7) is 3.64. The topological polar surface area (TPSA) is 54.4 Å². The predicted octanol–water partition coefficient (Wildman–Crippen LogP) is 1.97. The highest BCUT2D eigenvalue weighted by Crippen LogP contribution is 2.27. The van der Waals surface area contributed by atoms with Gasteiger partial charge in [0.15, 0.2) is 0 Å². The molecule has 0 unspecified atom stereocenters. The van der Waals surface area contributed by atoms with E-state index in [1.807, 2.05) is 13.0 Å². The van der Waals surface area contributed by atoms with Crippen molar-refractivity contribution in [3.05, 3.63) is 40.5 Å². The molecule has 0 spiro atoms. The number of Topliss-reactive ketones (excluding diaryl/α,β-unsaturated/α-hetero) is 1. The van der Waals surface area contributed by atoms with E-state index >= 15 is 0 Å². The van der Waals surface area contributed by atoms with Gasteiger partial charge in [-0.05, 0) is 25.5 Å². The second kappa shape index (κ2) is 3.05. The molecule has 0 fully saturated rings. The molecule has 1 aromatic rings. The summed E-state index contributed by atoms with van der Waals surface area (Å²) in [7, 11) is 0. The lowest BCUT2D eigenvalue weighted by Gasteiger charge is -2.15. The standard InChI is InChI=1S/C12H10O3/c1-6-3-7(2)11-8(4-6)9(13)5-10(14)12(11)15/h3-5,13H,1-2H3. The smallest absolute Gasteiger partial charge is 0.234 e. The highest BCUT2D eigenvalue weighted by atomic mass is 16.3. The van der Waals surface area contributed by atoms with Crippen LogP contribution in [0.5, 0.6) is 0 Å². The van der Waals surface area contributed by atoms with Gasteiger partial charge in [-0.25, -0.2) is 0 Å². The summed E-state index contributed by atoms with van der Waals surface area (Å²) < 4.78 is 0. The molecule has 76 valence electrons. The van der Waals surface area contributed by atoms with Gasteiger partial charge in [0.2, 0.25) is 11.6 Å². The third-order valence-electron chi connectivity index (χ3n) is 2.47. The molecule has 0 saturated carbocycles. The summed E-state index contributed by atoms with van der Waals surface area (Å²) in [6, 6.07) is 3.53. The Balaban J connectivity index is 2.80. The lowest BCUT2D eigenvalue weighted by Crippen LogP contribution is -2.20. The van der Waals surface area contributed by atoms with Crippen LogP contribution in [0.3, 0.4) is 0 Å². The molecule has 1 aliphatic carbocycles. The zero-order valence-corrected chi connectivity index (χ0v) is 8.50. The van der Waals surface area contributed by atoms with Crippen LogP contribution in [0.25, 0.3) is 5.76 Å². The van der Waals surface area contributed by atoms with Crippen LogP contribution < -0.4 is 0 Å². The number of aliphatic hydroxyl groups is 1. The molecule has 0 saturated heterocycles. The van der Waals surface area contributed by atoms with E-state index in [-0.39, 0.29) is 5.76 Å². The van der Waals surface area contributed by atoms with Crippen LogP contribution in [-0.2, 0) is 4.79 Å². The Morgan fingerprint density at radius 1 is 1.13 bits per heavy atom. The van der Waals surface area contributed by atoms with Crippen molar-refractivity contribution in [3.8, 4) is 0 Å². The zero-order valence-electron chi connectivity index (χ0n) is 8.50. The van der Waals surface area contributed by atoms with Gasteiger partial charge in [-0.1, -0.05) is 11.6 Å². The minimum atomic E-state index is -0.660. The summed E-state index contributed by atoms with van der Waals surface area (Å²) in [5.74, 6) is -1.33. The van der Waals surface area contributed by atoms with Gasteiger partial charge in [0.1, 0.15) is 5.76 Å². The quantitative estimate of drug-likeness (QED) is 0.654. The molecule has 1 N–H and O–H groups in total. The Morgan fingerprint density at radius 3 is 2.47 bits per heavy atom. The second-order valence-corrected chi connectivity index (χ2v) is 3.73. The Kier molecular flexibility index (Phi) is 1.96. The number of fused-ring (bicyclic) bond motifs is 1. The first-order valence-corrected chi connectivity index (χ1v) is 4.61. The van der Waals surface area contributed by atoms with E-state index < -0.39 is 11.6 Å². The number of carbonyl (C=O) groups excluding carboxylic acids is 2. The molecule has 2 rings (SSSR count). The molecule has 15 heavy (non-hydrogen) atoms. The molecular formula is C12H10O3. The third-order valence-corrected chi connectivity index (χ3v) is 2.47. The first-order chi connectivity index (χ1) is 7.00. The maximum atomic E-state index is 11.6. The number of aryl methyl sites for hydroxylation is 2. The molecule has 1 aliphatic rings. The van der Waals surface area contributed by atoms with Crippen molar-refractivity contribution in [1.82, 2.24) is 0 Å². The highest BCUT2D eigenvalue weighted by Gasteiger charge is 2.27. The first kappa shape index (κ1) is 9.65.